The van der Waals surface area contributed by atoms with Gasteiger partial charge in [0.2, 0.25) is 0 Å². The molecule has 1 heterocycles. The first kappa shape index (κ1) is 12.9. The molecule has 2 aromatic rings. The van der Waals surface area contributed by atoms with Crippen LogP contribution in [0.15, 0.2) is 41.0 Å². The number of pyridine rings is 1. The molecule has 2 rings (SSSR count). The fourth-order valence-corrected chi connectivity index (χ4v) is 2.39. The highest BCUT2D eigenvalue weighted by Crippen LogP contribution is 2.22. The van der Waals surface area contributed by atoms with Gasteiger partial charge in [-0.1, -0.05) is 18.2 Å². The number of anilines is 2. The van der Waals surface area contributed by atoms with E-state index in [1.165, 1.54) is 0 Å². The fraction of sp³-hybridized carbons (Fsp3) is 0.214. The Bertz CT molecular complexity index is 554. The van der Waals surface area contributed by atoms with Gasteiger partial charge in [-0.2, -0.15) is 0 Å². The molecule has 2 N–H and O–H groups in total. The number of halogens is 1. The molecule has 0 aliphatic heterocycles. The number of rotatable bonds is 3. The van der Waals surface area contributed by atoms with Crippen molar-refractivity contribution in [3.63, 3.8) is 0 Å². The molecular formula is C14H16BrN3. The molecule has 18 heavy (non-hydrogen) atoms. The zero-order chi connectivity index (χ0) is 13.1. The average molecular weight is 306 g/mol. The summed E-state index contributed by atoms with van der Waals surface area (Å²) in [6.07, 6.45) is 1.81. The zero-order valence-electron chi connectivity index (χ0n) is 10.5. The predicted molar refractivity (Wildman–Crippen MR) is 79.6 cm³/mol. The van der Waals surface area contributed by atoms with Crippen molar-refractivity contribution >= 4 is 27.4 Å². The van der Waals surface area contributed by atoms with E-state index >= 15 is 0 Å². The van der Waals surface area contributed by atoms with Gasteiger partial charge in [-0.25, -0.2) is 4.98 Å². The van der Waals surface area contributed by atoms with Gasteiger partial charge >= 0.3 is 0 Å². The topological polar surface area (TPSA) is 42.2 Å². The van der Waals surface area contributed by atoms with E-state index in [2.05, 4.69) is 38.8 Å². The lowest BCUT2D eigenvalue weighted by atomic mass is 10.1. The summed E-state index contributed by atoms with van der Waals surface area (Å²) >= 11 is 3.42. The summed E-state index contributed by atoms with van der Waals surface area (Å²) < 4.78 is 0.997. The number of benzene rings is 1. The smallest absolute Gasteiger partial charge is 0.131 e. The van der Waals surface area contributed by atoms with Crippen molar-refractivity contribution in [2.75, 3.05) is 17.7 Å². The third-order valence-electron chi connectivity index (χ3n) is 2.84. The molecule has 0 aliphatic carbocycles. The van der Waals surface area contributed by atoms with Crippen molar-refractivity contribution in [1.82, 2.24) is 4.98 Å². The number of para-hydroxylation sites is 1. The van der Waals surface area contributed by atoms with Crippen LogP contribution in [0.3, 0.4) is 0 Å². The highest BCUT2D eigenvalue weighted by Gasteiger charge is 2.08. The third-order valence-corrected chi connectivity index (χ3v) is 3.28. The molecular weight excluding hydrogens is 290 g/mol. The van der Waals surface area contributed by atoms with Crippen LogP contribution in [-0.4, -0.2) is 12.0 Å². The fourth-order valence-electron chi connectivity index (χ4n) is 1.94. The number of nitrogens with zero attached hydrogens (tertiary/aromatic N) is 2. The van der Waals surface area contributed by atoms with E-state index in [-0.39, 0.29) is 0 Å². The van der Waals surface area contributed by atoms with Crippen molar-refractivity contribution in [2.24, 2.45) is 0 Å². The maximum absolute atomic E-state index is 5.95. The number of nitrogen functional groups attached to an aromatic ring is 1. The highest BCUT2D eigenvalue weighted by atomic mass is 79.9. The van der Waals surface area contributed by atoms with Crippen LogP contribution in [0.25, 0.3) is 0 Å². The number of nitrogens with two attached hydrogens (primary N) is 1. The molecule has 0 amide bonds. The van der Waals surface area contributed by atoms with Crippen LogP contribution in [0, 0.1) is 6.92 Å². The van der Waals surface area contributed by atoms with E-state index < -0.39 is 0 Å². The second kappa shape index (κ2) is 5.40. The van der Waals surface area contributed by atoms with Gasteiger partial charge in [0.15, 0.2) is 0 Å². The lowest BCUT2D eigenvalue weighted by Gasteiger charge is -2.21. The summed E-state index contributed by atoms with van der Waals surface area (Å²) in [5.74, 6) is 0.974. The Balaban J connectivity index is 2.22. The molecule has 3 nitrogen and oxygen atoms in total. The monoisotopic (exact) mass is 305 g/mol. The maximum atomic E-state index is 5.95. The Hall–Kier alpha value is -1.55. The van der Waals surface area contributed by atoms with Crippen molar-refractivity contribution < 1.29 is 0 Å². The molecule has 4 heteroatoms. The van der Waals surface area contributed by atoms with Gasteiger partial charge in [0.05, 0.1) is 0 Å². The van der Waals surface area contributed by atoms with Crippen LogP contribution < -0.4 is 10.6 Å². The Morgan fingerprint density at radius 1 is 1.33 bits per heavy atom. The van der Waals surface area contributed by atoms with Crippen LogP contribution in [-0.2, 0) is 6.54 Å². The first-order chi connectivity index (χ1) is 8.58. The normalized spacial score (nSPS) is 10.4. The van der Waals surface area contributed by atoms with E-state index in [1.54, 1.807) is 0 Å². The molecule has 0 atom stereocenters. The van der Waals surface area contributed by atoms with Crippen LogP contribution >= 0.6 is 15.9 Å². The van der Waals surface area contributed by atoms with Crippen LogP contribution in [0.2, 0.25) is 0 Å². The minimum atomic E-state index is 0.752. The summed E-state index contributed by atoms with van der Waals surface area (Å²) in [6.45, 7) is 2.81. The highest BCUT2D eigenvalue weighted by molar-refractivity contribution is 9.10. The second-order valence-electron chi connectivity index (χ2n) is 4.35. The molecule has 94 valence electrons. The molecule has 1 aromatic heterocycles. The van der Waals surface area contributed by atoms with Crippen LogP contribution in [0.4, 0.5) is 11.5 Å². The van der Waals surface area contributed by atoms with Gasteiger partial charge in [-0.3, -0.25) is 0 Å². The van der Waals surface area contributed by atoms with Gasteiger partial charge in [0.25, 0.3) is 0 Å². The Morgan fingerprint density at radius 3 is 2.72 bits per heavy atom. The van der Waals surface area contributed by atoms with Crippen LogP contribution in [0.1, 0.15) is 11.1 Å². The largest absolute Gasteiger partial charge is 0.398 e. The summed E-state index contributed by atoms with van der Waals surface area (Å²) in [7, 11) is 2.02. The zero-order valence-corrected chi connectivity index (χ0v) is 12.1. The molecule has 0 saturated carbocycles. The number of aryl methyl sites for hydroxylation is 1. The number of hydrogen-bond acceptors (Lipinski definition) is 3. The predicted octanol–water partition coefficient (Wildman–Crippen LogP) is 3.37. The molecule has 0 radical (unpaired) electrons. The minimum absolute atomic E-state index is 0.752. The van der Waals surface area contributed by atoms with Crippen molar-refractivity contribution in [3.8, 4) is 0 Å². The molecule has 0 aliphatic rings. The average Bonchev–Trinajstić information content (AvgIpc) is 2.32. The van der Waals surface area contributed by atoms with E-state index in [0.29, 0.717) is 0 Å². The minimum Gasteiger partial charge on any atom is -0.398 e. The summed E-state index contributed by atoms with van der Waals surface area (Å²) in [6, 6.07) is 9.97. The van der Waals surface area contributed by atoms with E-state index in [0.717, 1.165) is 33.6 Å². The molecule has 0 unspecified atom stereocenters. The van der Waals surface area contributed by atoms with Gasteiger partial charge in [-0.05, 0) is 46.1 Å². The van der Waals surface area contributed by atoms with E-state index in [1.807, 2.05) is 37.5 Å². The van der Waals surface area contributed by atoms with Crippen LogP contribution in [0.5, 0.6) is 0 Å². The van der Waals surface area contributed by atoms with E-state index in [4.69, 9.17) is 5.73 Å². The number of aromatic nitrogens is 1. The quantitative estimate of drug-likeness (QED) is 0.884. The van der Waals surface area contributed by atoms with Crippen molar-refractivity contribution in [2.45, 2.75) is 13.5 Å². The maximum Gasteiger partial charge on any atom is 0.131 e. The van der Waals surface area contributed by atoms with Gasteiger partial charge < -0.3 is 10.6 Å². The molecule has 0 fully saturated rings. The molecule has 0 saturated heterocycles. The molecule has 0 spiro atoms. The van der Waals surface area contributed by atoms with Gasteiger partial charge in [0, 0.05) is 29.9 Å². The number of hydrogen-bond donors (Lipinski definition) is 1. The summed E-state index contributed by atoms with van der Waals surface area (Å²) in [5.41, 5.74) is 9.03. The summed E-state index contributed by atoms with van der Waals surface area (Å²) in [4.78, 5) is 6.55. The lowest BCUT2D eigenvalue weighted by Crippen LogP contribution is -2.19. The van der Waals surface area contributed by atoms with Gasteiger partial charge in [-0.15, -0.1) is 0 Å². The van der Waals surface area contributed by atoms with Crippen molar-refractivity contribution in [3.05, 3.63) is 52.1 Å². The first-order valence-corrected chi connectivity index (χ1v) is 6.54. The van der Waals surface area contributed by atoms with E-state index in [9.17, 15) is 0 Å². The second-order valence-corrected chi connectivity index (χ2v) is 5.26. The lowest BCUT2D eigenvalue weighted by molar-refractivity contribution is 0.892. The van der Waals surface area contributed by atoms with Crippen molar-refractivity contribution in [1.29, 1.82) is 0 Å². The molecule has 0 bridgehead atoms. The Morgan fingerprint density at radius 2 is 2.06 bits per heavy atom. The standard InChI is InChI=1S/C14H16BrN3/c1-10-7-12(15)8-17-14(10)18(2)9-11-5-3-4-6-13(11)16/h3-8H,9,16H2,1-2H3. The van der Waals surface area contributed by atoms with Gasteiger partial charge in [0.1, 0.15) is 5.82 Å². The molecule has 1 aromatic carbocycles. The summed E-state index contributed by atoms with van der Waals surface area (Å²) in [5, 5.41) is 0. The Labute approximate surface area is 116 Å². The SMILES string of the molecule is Cc1cc(Br)cnc1N(C)Cc1ccccc1N. The third kappa shape index (κ3) is 2.82. The Kier molecular flexibility index (Phi) is 3.87. The first-order valence-electron chi connectivity index (χ1n) is 5.74.